The number of carbonyl (C=O) groups excluding carboxylic acids is 3. The summed E-state index contributed by atoms with van der Waals surface area (Å²) in [5.41, 5.74) is 4.01. The molecule has 0 saturated carbocycles. The molecule has 1 unspecified atom stereocenters. The Bertz CT molecular complexity index is 1310. The normalized spacial score (nSPS) is 17.0. The second-order valence-corrected chi connectivity index (χ2v) is 13.0. The van der Waals surface area contributed by atoms with E-state index >= 15 is 0 Å². The van der Waals surface area contributed by atoms with Crippen LogP contribution in [0.25, 0.3) is 10.4 Å². The van der Waals surface area contributed by atoms with Crippen molar-refractivity contribution in [2.24, 2.45) is 5.41 Å². The van der Waals surface area contributed by atoms with Gasteiger partial charge < -0.3 is 44.7 Å². The molecule has 3 rings (SSSR count). The predicted molar refractivity (Wildman–Crippen MR) is 173 cm³/mol. The zero-order valence-corrected chi connectivity index (χ0v) is 28.2. The van der Waals surface area contributed by atoms with E-state index in [0.29, 0.717) is 0 Å². The molecule has 1 aromatic heterocycles. The van der Waals surface area contributed by atoms with Gasteiger partial charge in [-0.25, -0.2) is 9.78 Å². The Hall–Kier alpha value is -3.47. The van der Waals surface area contributed by atoms with Crippen LogP contribution in [0.4, 0.5) is 0 Å². The highest BCUT2D eigenvalue weighted by Crippen LogP contribution is 2.28. The lowest BCUT2D eigenvalue weighted by molar-refractivity contribution is -0.144. The number of carboxylic acid groups (broad SMARTS) is 1. The fraction of sp³-hybridized carbons (Fsp3) is 0.594. The molecular weight excluding hydrogens is 632 g/mol. The number of aromatic nitrogens is 1. The number of aliphatic hydroxyl groups is 1. The maximum atomic E-state index is 13.7. The summed E-state index contributed by atoms with van der Waals surface area (Å²) in [6.07, 6.45) is -0.773. The molecule has 1 aliphatic heterocycles. The number of aryl methyl sites for hydroxylation is 1. The van der Waals surface area contributed by atoms with E-state index in [4.69, 9.17) is 24.1 Å². The lowest BCUT2D eigenvalue weighted by Gasteiger charge is -2.35. The minimum Gasteiger partial charge on any atom is -0.480 e. The number of benzene rings is 1. The SMILES string of the molecule is Cc1ncsc1-c1ccc(CNC(=O)[C@@H]2C[C@@H](O)CN2C(=O)C(NC(=O)COCCOCCOCCOCC(=O)O)C(C)(C)C)cc1. The molecule has 0 aliphatic carbocycles. The van der Waals surface area contributed by atoms with Crippen LogP contribution in [-0.2, 0) is 44.7 Å². The van der Waals surface area contributed by atoms with Crippen molar-refractivity contribution in [1.82, 2.24) is 20.5 Å². The molecule has 14 nitrogen and oxygen atoms in total. The van der Waals surface area contributed by atoms with E-state index in [1.54, 1.807) is 16.8 Å². The minimum atomic E-state index is -1.04. The van der Waals surface area contributed by atoms with Gasteiger partial charge in [0.15, 0.2) is 0 Å². The molecule has 3 amide bonds. The number of rotatable bonds is 19. The summed E-state index contributed by atoms with van der Waals surface area (Å²) < 4.78 is 20.9. The zero-order chi connectivity index (χ0) is 34.4. The number of aliphatic hydroxyl groups excluding tert-OH is 1. The van der Waals surface area contributed by atoms with Crippen molar-refractivity contribution in [2.75, 3.05) is 59.4 Å². The number of ether oxygens (including phenoxy) is 4. The molecule has 1 aliphatic rings. The molecule has 0 bridgehead atoms. The van der Waals surface area contributed by atoms with Gasteiger partial charge in [-0.2, -0.15) is 0 Å². The molecule has 2 heterocycles. The summed E-state index contributed by atoms with van der Waals surface area (Å²) in [4.78, 5) is 56.8. The van der Waals surface area contributed by atoms with Crippen LogP contribution in [0.5, 0.6) is 0 Å². The Morgan fingerprint density at radius 3 is 2.13 bits per heavy atom. The third-order valence-corrected chi connectivity index (χ3v) is 8.26. The van der Waals surface area contributed by atoms with Crippen molar-refractivity contribution in [3.05, 3.63) is 41.0 Å². The molecule has 1 fully saturated rings. The van der Waals surface area contributed by atoms with Crippen molar-refractivity contribution < 1.29 is 48.3 Å². The average Bonchev–Trinajstić information content (AvgIpc) is 3.63. The molecule has 47 heavy (non-hydrogen) atoms. The number of hydrogen-bond acceptors (Lipinski definition) is 11. The number of likely N-dealkylation sites (tertiary alicyclic amines) is 1. The van der Waals surface area contributed by atoms with Crippen molar-refractivity contribution in [2.45, 2.75) is 58.8 Å². The van der Waals surface area contributed by atoms with Gasteiger partial charge >= 0.3 is 5.97 Å². The van der Waals surface area contributed by atoms with Gasteiger partial charge in [-0.05, 0) is 23.5 Å². The van der Waals surface area contributed by atoms with Gasteiger partial charge in [-0.3, -0.25) is 14.4 Å². The predicted octanol–water partition coefficient (Wildman–Crippen LogP) is 1.38. The summed E-state index contributed by atoms with van der Waals surface area (Å²) in [5, 5.41) is 24.5. The van der Waals surface area contributed by atoms with Crippen molar-refractivity contribution >= 4 is 35.0 Å². The first-order valence-electron chi connectivity index (χ1n) is 15.4. The van der Waals surface area contributed by atoms with Crippen LogP contribution >= 0.6 is 11.3 Å². The van der Waals surface area contributed by atoms with Gasteiger partial charge in [0.1, 0.15) is 25.3 Å². The molecular formula is C32H46N4O10S. The maximum absolute atomic E-state index is 13.7. The van der Waals surface area contributed by atoms with Crippen LogP contribution in [0.1, 0.15) is 38.4 Å². The first-order chi connectivity index (χ1) is 22.4. The van der Waals surface area contributed by atoms with Crippen LogP contribution in [0, 0.1) is 12.3 Å². The van der Waals surface area contributed by atoms with Crippen molar-refractivity contribution in [3.63, 3.8) is 0 Å². The Kier molecular flexibility index (Phi) is 15.2. The molecule has 2 aromatic rings. The summed E-state index contributed by atoms with van der Waals surface area (Å²) in [6.45, 7) is 8.28. The van der Waals surface area contributed by atoms with Crippen LogP contribution in [-0.4, -0.2) is 121 Å². The molecule has 1 saturated heterocycles. The van der Waals surface area contributed by atoms with Crippen LogP contribution in [0.15, 0.2) is 29.8 Å². The van der Waals surface area contributed by atoms with Gasteiger partial charge in [-0.15, -0.1) is 11.3 Å². The van der Waals surface area contributed by atoms with Crippen LogP contribution < -0.4 is 10.6 Å². The molecule has 0 spiro atoms. The summed E-state index contributed by atoms with van der Waals surface area (Å²) in [7, 11) is 0. The number of hydrogen-bond donors (Lipinski definition) is 4. The fourth-order valence-corrected chi connectivity index (χ4v) is 5.68. The lowest BCUT2D eigenvalue weighted by Crippen LogP contribution is -2.58. The number of β-amino-alcohol motifs (C(OH)–C–C–N with tert-alkyl or cyclic N) is 1. The number of amides is 3. The highest BCUT2D eigenvalue weighted by molar-refractivity contribution is 7.13. The third kappa shape index (κ3) is 12.6. The first kappa shape index (κ1) is 38.0. The Labute approximate surface area is 278 Å². The lowest BCUT2D eigenvalue weighted by atomic mass is 9.85. The van der Waals surface area contributed by atoms with E-state index < -0.39 is 41.4 Å². The monoisotopic (exact) mass is 678 g/mol. The van der Waals surface area contributed by atoms with Gasteiger partial charge in [0.2, 0.25) is 17.7 Å². The topological polar surface area (TPSA) is 186 Å². The average molecular weight is 679 g/mol. The van der Waals surface area contributed by atoms with E-state index in [1.807, 2.05) is 52.0 Å². The summed E-state index contributed by atoms with van der Waals surface area (Å²) in [6, 6.07) is 5.98. The quantitative estimate of drug-likeness (QED) is 0.157. The molecule has 15 heteroatoms. The molecule has 4 N–H and O–H groups in total. The zero-order valence-electron chi connectivity index (χ0n) is 27.4. The Balaban J connectivity index is 1.43. The summed E-state index contributed by atoms with van der Waals surface area (Å²) >= 11 is 1.57. The standard InChI is InChI=1S/C32H46N4O10S/c1-21-28(47-20-34-21)23-7-5-22(6-8-23)16-33-30(41)25-15-24(37)17-36(25)31(42)29(32(2,3)4)35-26(38)18-45-13-11-43-9-10-44-12-14-46-19-27(39)40/h5-8,20,24-25,29,37H,9-19H2,1-4H3,(H,33,41)(H,35,38)(H,39,40)/t24-,25+,29?/m1/s1. The van der Waals surface area contributed by atoms with E-state index in [0.717, 1.165) is 21.7 Å². The number of nitrogens with one attached hydrogen (secondary N) is 2. The molecule has 3 atom stereocenters. The number of aliphatic carboxylic acids is 1. The minimum absolute atomic E-state index is 0.0187. The van der Waals surface area contributed by atoms with E-state index in [9.17, 15) is 24.3 Å². The van der Waals surface area contributed by atoms with Crippen LogP contribution in [0.2, 0.25) is 0 Å². The van der Waals surface area contributed by atoms with Crippen LogP contribution in [0.3, 0.4) is 0 Å². The van der Waals surface area contributed by atoms with E-state index in [-0.39, 0.29) is 78.3 Å². The second kappa shape index (κ2) is 18.8. The number of nitrogens with zero attached hydrogens (tertiary/aromatic N) is 2. The number of carboxylic acids is 1. The smallest absolute Gasteiger partial charge is 0.329 e. The van der Waals surface area contributed by atoms with Gasteiger partial charge in [0, 0.05) is 19.5 Å². The molecule has 260 valence electrons. The Morgan fingerprint density at radius 1 is 0.979 bits per heavy atom. The number of thiazole rings is 1. The van der Waals surface area contributed by atoms with Gasteiger partial charge in [0.05, 0.1) is 61.8 Å². The highest BCUT2D eigenvalue weighted by Gasteiger charge is 2.44. The molecule has 1 aromatic carbocycles. The highest BCUT2D eigenvalue weighted by atomic mass is 32.1. The summed E-state index contributed by atoms with van der Waals surface area (Å²) in [5.74, 6) is -2.37. The van der Waals surface area contributed by atoms with E-state index in [1.165, 1.54) is 4.90 Å². The molecule has 0 radical (unpaired) electrons. The maximum Gasteiger partial charge on any atom is 0.329 e. The van der Waals surface area contributed by atoms with Crippen molar-refractivity contribution in [3.8, 4) is 10.4 Å². The van der Waals surface area contributed by atoms with Gasteiger partial charge in [-0.1, -0.05) is 45.0 Å². The second-order valence-electron chi connectivity index (χ2n) is 12.2. The van der Waals surface area contributed by atoms with Gasteiger partial charge in [0.25, 0.3) is 0 Å². The Morgan fingerprint density at radius 2 is 1.57 bits per heavy atom. The third-order valence-electron chi connectivity index (χ3n) is 7.29. The van der Waals surface area contributed by atoms with Crippen molar-refractivity contribution in [1.29, 1.82) is 0 Å². The first-order valence-corrected chi connectivity index (χ1v) is 16.3. The fourth-order valence-electron chi connectivity index (χ4n) is 4.87. The van der Waals surface area contributed by atoms with E-state index in [2.05, 4.69) is 15.6 Å². The largest absolute Gasteiger partial charge is 0.480 e. The number of carbonyl (C=O) groups is 4.